The molecule has 0 spiro atoms. The summed E-state index contributed by atoms with van der Waals surface area (Å²) in [6.45, 7) is 2.70. The maximum absolute atomic E-state index is 13.3. The van der Waals surface area contributed by atoms with Crippen molar-refractivity contribution < 1.29 is 9.59 Å². The number of nitrogens with zero attached hydrogens (tertiary/aromatic N) is 2. The van der Waals surface area contributed by atoms with Gasteiger partial charge in [0.05, 0.1) is 12.2 Å². The zero-order chi connectivity index (χ0) is 21.9. The fourth-order valence-electron chi connectivity index (χ4n) is 3.49. The van der Waals surface area contributed by atoms with Crippen LogP contribution < -0.4 is 5.32 Å². The Morgan fingerprint density at radius 1 is 0.903 bits per heavy atom. The lowest BCUT2D eigenvalue weighted by Gasteiger charge is -2.31. The highest BCUT2D eigenvalue weighted by molar-refractivity contribution is 5.88. The van der Waals surface area contributed by atoms with E-state index in [1.807, 2.05) is 85.8 Å². The van der Waals surface area contributed by atoms with E-state index < -0.39 is 6.04 Å². The lowest BCUT2D eigenvalue weighted by atomic mass is 10.0. The topological polar surface area (TPSA) is 62.3 Å². The Labute approximate surface area is 184 Å². The largest absolute Gasteiger partial charge is 0.349 e. The summed E-state index contributed by atoms with van der Waals surface area (Å²) in [5.74, 6) is -0.185. The first-order chi connectivity index (χ1) is 15.2. The van der Waals surface area contributed by atoms with E-state index in [9.17, 15) is 9.59 Å². The van der Waals surface area contributed by atoms with Gasteiger partial charge in [0.2, 0.25) is 11.8 Å². The van der Waals surface area contributed by atoms with E-state index in [1.165, 1.54) is 0 Å². The Kier molecular flexibility index (Phi) is 8.35. The van der Waals surface area contributed by atoms with Gasteiger partial charge in [-0.05, 0) is 29.7 Å². The van der Waals surface area contributed by atoms with Crippen LogP contribution in [0.25, 0.3) is 0 Å². The van der Waals surface area contributed by atoms with Crippen LogP contribution in [0.3, 0.4) is 0 Å². The van der Waals surface area contributed by atoms with Gasteiger partial charge in [-0.25, -0.2) is 0 Å². The minimum absolute atomic E-state index is 0.0136. The molecule has 1 heterocycles. The molecule has 0 saturated heterocycles. The van der Waals surface area contributed by atoms with Crippen molar-refractivity contribution in [1.82, 2.24) is 15.2 Å². The van der Waals surface area contributed by atoms with Gasteiger partial charge < -0.3 is 10.2 Å². The van der Waals surface area contributed by atoms with E-state index in [-0.39, 0.29) is 11.8 Å². The smallest absolute Gasteiger partial charge is 0.243 e. The van der Waals surface area contributed by atoms with Crippen LogP contribution in [-0.4, -0.2) is 27.7 Å². The quantitative estimate of drug-likeness (QED) is 0.541. The molecule has 31 heavy (non-hydrogen) atoms. The molecule has 0 bridgehead atoms. The number of aromatic nitrogens is 1. The molecule has 1 atom stereocenters. The standard InChI is InChI=1S/C26H29N3O2/c1-2-11-25(30)29(20-22-14-7-4-8-15-22)24(18-21-12-5-3-6-13-21)26(31)28-19-23-16-9-10-17-27-23/h3-10,12-17,24H,2,11,18-20H2,1H3,(H,28,31)/t24-/m0/s1. The first-order valence-electron chi connectivity index (χ1n) is 10.7. The number of benzene rings is 2. The van der Waals surface area contributed by atoms with E-state index >= 15 is 0 Å². The van der Waals surface area contributed by atoms with Gasteiger partial charge in [-0.2, -0.15) is 0 Å². The number of rotatable bonds is 10. The first kappa shape index (κ1) is 22.2. The van der Waals surface area contributed by atoms with Crippen molar-refractivity contribution in [2.24, 2.45) is 0 Å². The molecular formula is C26H29N3O2. The van der Waals surface area contributed by atoms with Crippen LogP contribution in [0.2, 0.25) is 0 Å². The molecule has 160 valence electrons. The summed E-state index contributed by atoms with van der Waals surface area (Å²) in [5, 5.41) is 2.99. The van der Waals surface area contributed by atoms with Gasteiger partial charge in [-0.15, -0.1) is 0 Å². The van der Waals surface area contributed by atoms with Crippen LogP contribution in [0.5, 0.6) is 0 Å². The molecule has 0 aliphatic heterocycles. The average molecular weight is 416 g/mol. The van der Waals surface area contributed by atoms with Crippen LogP contribution in [0.15, 0.2) is 85.1 Å². The highest BCUT2D eigenvalue weighted by atomic mass is 16.2. The third kappa shape index (κ3) is 6.78. The molecule has 1 aromatic heterocycles. The normalized spacial score (nSPS) is 11.5. The summed E-state index contributed by atoms with van der Waals surface area (Å²) in [6, 6.07) is 24.6. The number of pyridine rings is 1. The van der Waals surface area contributed by atoms with Crippen LogP contribution in [0, 0.1) is 0 Å². The minimum Gasteiger partial charge on any atom is -0.349 e. The molecule has 3 rings (SSSR count). The molecule has 0 unspecified atom stereocenters. The summed E-state index contributed by atoms with van der Waals surface area (Å²) in [7, 11) is 0. The number of carbonyl (C=O) groups is 2. The van der Waals surface area contributed by atoms with Gasteiger partial charge in [0.1, 0.15) is 6.04 Å². The van der Waals surface area contributed by atoms with E-state index in [0.717, 1.165) is 23.2 Å². The maximum Gasteiger partial charge on any atom is 0.243 e. The van der Waals surface area contributed by atoms with Crippen molar-refractivity contribution >= 4 is 11.8 Å². The fraction of sp³-hybridized carbons (Fsp3) is 0.269. The molecule has 2 aromatic carbocycles. The number of hydrogen-bond acceptors (Lipinski definition) is 3. The zero-order valence-corrected chi connectivity index (χ0v) is 17.9. The second-order valence-electron chi connectivity index (χ2n) is 7.50. The Morgan fingerprint density at radius 3 is 2.16 bits per heavy atom. The van der Waals surface area contributed by atoms with E-state index in [2.05, 4.69) is 10.3 Å². The Bertz CT molecular complexity index is 946. The van der Waals surface area contributed by atoms with E-state index in [0.29, 0.717) is 25.9 Å². The molecule has 2 amide bonds. The maximum atomic E-state index is 13.3. The van der Waals surface area contributed by atoms with E-state index in [4.69, 9.17) is 0 Å². The number of nitrogens with one attached hydrogen (secondary N) is 1. The number of carbonyl (C=O) groups excluding carboxylic acids is 2. The van der Waals surface area contributed by atoms with Gasteiger partial charge in [0.15, 0.2) is 0 Å². The van der Waals surface area contributed by atoms with Crippen LogP contribution in [-0.2, 0) is 29.1 Å². The van der Waals surface area contributed by atoms with Crippen molar-refractivity contribution in [2.75, 3.05) is 0 Å². The van der Waals surface area contributed by atoms with Crippen molar-refractivity contribution in [1.29, 1.82) is 0 Å². The van der Waals surface area contributed by atoms with Crippen LogP contribution in [0.4, 0.5) is 0 Å². The lowest BCUT2D eigenvalue weighted by Crippen LogP contribution is -2.50. The van der Waals surface area contributed by atoms with Crippen molar-refractivity contribution in [3.8, 4) is 0 Å². The second-order valence-corrected chi connectivity index (χ2v) is 7.50. The summed E-state index contributed by atoms with van der Waals surface area (Å²) in [6.07, 6.45) is 3.30. The first-order valence-corrected chi connectivity index (χ1v) is 10.7. The minimum atomic E-state index is -0.606. The monoisotopic (exact) mass is 415 g/mol. The predicted molar refractivity (Wildman–Crippen MR) is 122 cm³/mol. The second kappa shape index (κ2) is 11.6. The van der Waals surface area contributed by atoms with Crippen LogP contribution in [0.1, 0.15) is 36.6 Å². The van der Waals surface area contributed by atoms with Gasteiger partial charge in [-0.1, -0.05) is 73.7 Å². The third-order valence-electron chi connectivity index (χ3n) is 5.10. The summed E-state index contributed by atoms with van der Waals surface area (Å²) < 4.78 is 0. The molecule has 5 nitrogen and oxygen atoms in total. The van der Waals surface area contributed by atoms with Crippen molar-refractivity contribution in [3.05, 3.63) is 102 Å². The lowest BCUT2D eigenvalue weighted by molar-refractivity contribution is -0.141. The SMILES string of the molecule is CCCC(=O)N(Cc1ccccc1)[C@@H](Cc1ccccc1)C(=O)NCc1ccccn1. The van der Waals surface area contributed by atoms with Crippen molar-refractivity contribution in [2.45, 2.75) is 45.3 Å². The highest BCUT2D eigenvalue weighted by Crippen LogP contribution is 2.16. The summed E-state index contributed by atoms with van der Waals surface area (Å²) in [4.78, 5) is 32.4. The molecule has 5 heteroatoms. The average Bonchev–Trinajstić information content (AvgIpc) is 2.82. The third-order valence-corrected chi connectivity index (χ3v) is 5.10. The van der Waals surface area contributed by atoms with E-state index in [1.54, 1.807) is 11.1 Å². The van der Waals surface area contributed by atoms with Crippen LogP contribution >= 0.6 is 0 Å². The Morgan fingerprint density at radius 2 is 1.55 bits per heavy atom. The fourth-order valence-corrected chi connectivity index (χ4v) is 3.49. The molecular weight excluding hydrogens is 386 g/mol. The van der Waals surface area contributed by atoms with Gasteiger partial charge in [-0.3, -0.25) is 14.6 Å². The molecule has 0 radical (unpaired) electrons. The number of amides is 2. The van der Waals surface area contributed by atoms with Crippen molar-refractivity contribution in [3.63, 3.8) is 0 Å². The molecule has 3 aromatic rings. The Hall–Kier alpha value is -3.47. The molecule has 0 fully saturated rings. The zero-order valence-electron chi connectivity index (χ0n) is 17.9. The summed E-state index contributed by atoms with van der Waals surface area (Å²) in [5.41, 5.74) is 2.80. The highest BCUT2D eigenvalue weighted by Gasteiger charge is 2.29. The molecule has 0 aliphatic rings. The molecule has 0 saturated carbocycles. The van der Waals surface area contributed by atoms with Gasteiger partial charge in [0, 0.05) is 25.6 Å². The number of hydrogen-bond donors (Lipinski definition) is 1. The van der Waals surface area contributed by atoms with Gasteiger partial charge in [0.25, 0.3) is 0 Å². The summed E-state index contributed by atoms with van der Waals surface area (Å²) >= 11 is 0. The van der Waals surface area contributed by atoms with Gasteiger partial charge >= 0.3 is 0 Å². The molecule has 0 aliphatic carbocycles. The predicted octanol–water partition coefficient (Wildman–Crippen LogP) is 4.14. The molecule has 1 N–H and O–H groups in total. The Balaban J connectivity index is 1.86.